The topological polar surface area (TPSA) is 76.4 Å². The second kappa shape index (κ2) is 8.06. The molecule has 6 nitrogen and oxygen atoms in total. The quantitative estimate of drug-likeness (QED) is 0.285. The lowest BCUT2D eigenvalue weighted by atomic mass is 10.2. The summed E-state index contributed by atoms with van der Waals surface area (Å²) in [6, 6.07) is 14.0. The van der Waals surface area contributed by atoms with E-state index in [1.54, 1.807) is 6.07 Å². The molecule has 0 atom stereocenters. The molecule has 0 aliphatic rings. The Bertz CT molecular complexity index is 836. The van der Waals surface area contributed by atoms with Crippen molar-refractivity contribution in [2.24, 2.45) is 0 Å². The Morgan fingerprint density at radius 3 is 2.30 bits per heavy atom. The molecule has 0 saturated carbocycles. The summed E-state index contributed by atoms with van der Waals surface area (Å²) in [5.41, 5.74) is 1.43. The molecule has 0 radical (unpaired) electrons. The number of hydrogen-bond acceptors (Lipinski definition) is 4. The molecule has 0 aliphatic carbocycles. The first-order valence-electron chi connectivity index (χ1n) is 8.60. The monoisotopic (exact) mass is 403 g/mol. The fourth-order valence-corrected chi connectivity index (χ4v) is 3.30. The molecule has 2 aromatic carbocycles. The van der Waals surface area contributed by atoms with Crippen molar-refractivity contribution >= 4 is 42.7 Å². The third kappa shape index (κ3) is 5.51. The van der Waals surface area contributed by atoms with Crippen molar-refractivity contribution in [1.29, 1.82) is 0 Å². The molecule has 0 amide bonds. The number of nitrogens with zero attached hydrogens (tertiary/aromatic N) is 1. The van der Waals surface area contributed by atoms with Gasteiger partial charge in [0.15, 0.2) is 5.11 Å². The largest absolute Gasteiger partial charge is 0.542 e. The van der Waals surface area contributed by atoms with E-state index in [9.17, 15) is 10.1 Å². The van der Waals surface area contributed by atoms with Crippen LogP contribution < -0.4 is 15.1 Å². The summed E-state index contributed by atoms with van der Waals surface area (Å²) in [7, 11) is -2.19. The third-order valence-electron chi connectivity index (χ3n) is 4.63. The maximum Gasteiger partial charge on any atom is 0.273 e. The van der Waals surface area contributed by atoms with Gasteiger partial charge in [-0.25, -0.2) is 0 Å². The fraction of sp³-hybridized carbons (Fsp3) is 0.316. The van der Waals surface area contributed by atoms with Crippen molar-refractivity contribution in [1.82, 2.24) is 0 Å². The lowest BCUT2D eigenvalue weighted by molar-refractivity contribution is -0.384. The molecule has 0 spiro atoms. The van der Waals surface area contributed by atoms with E-state index in [1.807, 2.05) is 30.3 Å². The number of thiocarbonyl (C=S) groups is 1. The Morgan fingerprint density at radius 2 is 1.74 bits per heavy atom. The molecule has 0 aromatic heterocycles. The van der Waals surface area contributed by atoms with Crippen molar-refractivity contribution in [3.8, 4) is 5.75 Å². The molecule has 8 heteroatoms. The number of anilines is 2. The van der Waals surface area contributed by atoms with Crippen molar-refractivity contribution in [3.05, 3.63) is 58.6 Å². The zero-order valence-corrected chi connectivity index (χ0v) is 18.0. The predicted octanol–water partition coefficient (Wildman–Crippen LogP) is 5.79. The van der Waals surface area contributed by atoms with Gasteiger partial charge in [-0.05, 0) is 48.5 Å². The van der Waals surface area contributed by atoms with Crippen LogP contribution in [0.4, 0.5) is 17.1 Å². The van der Waals surface area contributed by atoms with Crippen molar-refractivity contribution in [2.45, 2.75) is 38.9 Å². The molecule has 144 valence electrons. The van der Waals surface area contributed by atoms with Crippen LogP contribution in [0.2, 0.25) is 18.1 Å². The lowest BCUT2D eigenvalue weighted by Crippen LogP contribution is -2.44. The number of nitro groups is 1. The van der Waals surface area contributed by atoms with Crippen LogP contribution in [0.3, 0.4) is 0 Å². The maximum atomic E-state index is 11.2. The first-order valence-corrected chi connectivity index (χ1v) is 11.9. The van der Waals surface area contributed by atoms with Crippen LogP contribution >= 0.6 is 12.2 Å². The first-order chi connectivity index (χ1) is 12.5. The zero-order valence-electron chi connectivity index (χ0n) is 16.2. The van der Waals surface area contributed by atoms with Gasteiger partial charge in [0.05, 0.1) is 16.7 Å². The summed E-state index contributed by atoms with van der Waals surface area (Å²) < 4.78 is 6.32. The van der Waals surface area contributed by atoms with Crippen LogP contribution in [0.15, 0.2) is 48.5 Å². The van der Waals surface area contributed by atoms with Crippen LogP contribution in [0, 0.1) is 10.1 Å². The van der Waals surface area contributed by atoms with Crippen LogP contribution in [0.1, 0.15) is 20.8 Å². The highest BCUT2D eigenvalue weighted by molar-refractivity contribution is 7.80. The Morgan fingerprint density at radius 1 is 1.11 bits per heavy atom. The van der Waals surface area contributed by atoms with Gasteiger partial charge < -0.3 is 15.1 Å². The Labute approximate surface area is 166 Å². The Balaban J connectivity index is 2.29. The number of benzene rings is 2. The van der Waals surface area contributed by atoms with Gasteiger partial charge in [-0.15, -0.1) is 0 Å². The van der Waals surface area contributed by atoms with E-state index in [4.69, 9.17) is 16.6 Å². The van der Waals surface area contributed by atoms with Crippen LogP contribution in [0.25, 0.3) is 0 Å². The van der Waals surface area contributed by atoms with E-state index < -0.39 is 13.2 Å². The minimum Gasteiger partial charge on any atom is -0.542 e. The first kappa shape index (κ1) is 20.9. The number of hydrogen-bond donors (Lipinski definition) is 2. The summed E-state index contributed by atoms with van der Waals surface area (Å²) in [5.74, 6) is 0.438. The SMILES string of the molecule is CC(C)(C)[Si](C)(C)Oc1cc([N+](=O)[O-])ccc1NC(=S)Nc1ccccc1. The van der Waals surface area contributed by atoms with Gasteiger partial charge in [-0.1, -0.05) is 39.0 Å². The molecular formula is C19H25N3O3SSi. The minimum atomic E-state index is -2.19. The molecule has 27 heavy (non-hydrogen) atoms. The van der Waals surface area contributed by atoms with Gasteiger partial charge in [-0.2, -0.15) is 0 Å². The minimum absolute atomic E-state index is 0.0174. The van der Waals surface area contributed by atoms with Gasteiger partial charge in [0.1, 0.15) is 5.75 Å². The summed E-state index contributed by atoms with van der Waals surface area (Å²) >= 11 is 5.38. The number of rotatable bonds is 5. The second-order valence-electron chi connectivity index (χ2n) is 7.75. The number of nitrogens with one attached hydrogen (secondary N) is 2. The van der Waals surface area contributed by atoms with Gasteiger partial charge in [-0.3, -0.25) is 10.1 Å². The van der Waals surface area contributed by atoms with Crippen molar-refractivity contribution in [3.63, 3.8) is 0 Å². The van der Waals surface area contributed by atoms with Crippen LogP contribution in [-0.4, -0.2) is 18.4 Å². The highest BCUT2D eigenvalue weighted by Gasteiger charge is 2.39. The molecule has 0 unspecified atom stereocenters. The van der Waals surface area contributed by atoms with Gasteiger partial charge >= 0.3 is 0 Å². The number of para-hydroxylation sites is 1. The van der Waals surface area contributed by atoms with Gasteiger partial charge in [0.2, 0.25) is 0 Å². The highest BCUT2D eigenvalue weighted by atomic mass is 32.1. The van der Waals surface area contributed by atoms with Crippen molar-refractivity contribution < 1.29 is 9.35 Å². The average molecular weight is 404 g/mol. The van der Waals surface area contributed by atoms with Crippen LogP contribution in [0.5, 0.6) is 5.75 Å². The molecule has 0 aliphatic heterocycles. The molecule has 0 fully saturated rings. The molecule has 2 rings (SSSR count). The zero-order chi connectivity index (χ0) is 20.2. The second-order valence-corrected chi connectivity index (χ2v) is 12.9. The summed E-state index contributed by atoms with van der Waals surface area (Å²) in [6.45, 7) is 10.5. The summed E-state index contributed by atoms with van der Waals surface area (Å²) in [6.07, 6.45) is 0. The van der Waals surface area contributed by atoms with E-state index >= 15 is 0 Å². The summed E-state index contributed by atoms with van der Waals surface area (Å²) in [5, 5.41) is 17.7. The third-order valence-corrected chi connectivity index (χ3v) is 9.17. The normalized spacial score (nSPS) is 11.6. The van der Waals surface area contributed by atoms with Crippen molar-refractivity contribution in [2.75, 3.05) is 10.6 Å². The number of nitro benzene ring substituents is 1. The van der Waals surface area contributed by atoms with Crippen LogP contribution in [-0.2, 0) is 0 Å². The Hall–Kier alpha value is -2.45. The predicted molar refractivity (Wildman–Crippen MR) is 117 cm³/mol. The lowest BCUT2D eigenvalue weighted by Gasteiger charge is -2.37. The highest BCUT2D eigenvalue weighted by Crippen LogP contribution is 2.40. The molecule has 0 heterocycles. The fourth-order valence-electron chi connectivity index (χ4n) is 2.05. The van der Waals surface area contributed by atoms with E-state index in [0.29, 0.717) is 16.5 Å². The molecular weight excluding hydrogens is 378 g/mol. The number of non-ortho nitro benzene ring substituents is 1. The molecule has 2 aromatic rings. The molecule has 0 bridgehead atoms. The van der Waals surface area contributed by atoms with E-state index in [2.05, 4.69) is 44.5 Å². The molecule has 2 N–H and O–H groups in total. The van der Waals surface area contributed by atoms with E-state index in [-0.39, 0.29) is 10.7 Å². The van der Waals surface area contributed by atoms with Gasteiger partial charge in [0, 0.05) is 11.8 Å². The Kier molecular flexibility index (Phi) is 6.22. The molecule has 0 saturated heterocycles. The smallest absolute Gasteiger partial charge is 0.273 e. The standard InChI is InChI=1S/C19H25N3O3SSi/c1-19(2,3)27(4,5)25-17-13-15(22(23)24)11-12-16(17)21-18(26)20-14-9-7-6-8-10-14/h6-13H,1-5H3,(H2,20,21,26). The van der Waals surface area contributed by atoms with Gasteiger partial charge in [0.25, 0.3) is 14.0 Å². The van der Waals surface area contributed by atoms with E-state index in [1.165, 1.54) is 12.1 Å². The maximum absolute atomic E-state index is 11.2. The average Bonchev–Trinajstić information content (AvgIpc) is 2.55. The summed E-state index contributed by atoms with van der Waals surface area (Å²) in [4.78, 5) is 10.8. The van der Waals surface area contributed by atoms with E-state index in [0.717, 1.165) is 5.69 Å².